The summed E-state index contributed by atoms with van der Waals surface area (Å²) in [4.78, 5) is 0. The van der Waals surface area contributed by atoms with Crippen molar-refractivity contribution in [2.75, 3.05) is 0 Å². The van der Waals surface area contributed by atoms with Gasteiger partial charge in [-0.3, -0.25) is 0 Å². The Hall–Kier alpha value is 1.09. The Morgan fingerprint density at radius 1 is 0.500 bits per heavy atom. The first-order chi connectivity index (χ1) is 9.68. The molecule has 0 heterocycles. The van der Waals surface area contributed by atoms with E-state index in [0.717, 1.165) is 0 Å². The normalized spacial score (nSPS) is 12.0. The van der Waals surface area contributed by atoms with Gasteiger partial charge in [-0.05, 0) is 0 Å². The second kappa shape index (κ2) is 15.0. The van der Waals surface area contributed by atoms with Crippen LogP contribution >= 0.6 is 8.92 Å². The topological polar surface area (TPSA) is 0 Å². The summed E-state index contributed by atoms with van der Waals surface area (Å²) in [5.41, 5.74) is 0. The SMILES string of the molecule is CCCCC[CH2][Sn]([Cl])([CH2]CCCCC)[CH2]CCCCC. The monoisotopic (exact) mass is 410 g/mol. The van der Waals surface area contributed by atoms with Crippen LogP contribution in [-0.2, 0) is 0 Å². The zero-order chi connectivity index (χ0) is 15.1. The molecule has 0 aromatic heterocycles. The number of rotatable bonds is 15. The van der Waals surface area contributed by atoms with Crippen LogP contribution in [0, 0.1) is 0 Å². The Balaban J connectivity index is 3.98. The minimum absolute atomic E-state index is 1.35. The van der Waals surface area contributed by atoms with Crippen LogP contribution in [-0.4, -0.2) is 17.3 Å². The van der Waals surface area contributed by atoms with Gasteiger partial charge in [0.15, 0.2) is 0 Å². The van der Waals surface area contributed by atoms with Crippen molar-refractivity contribution >= 4 is 26.2 Å². The Bertz CT molecular complexity index is 163. The molecule has 0 unspecified atom stereocenters. The average molecular weight is 410 g/mol. The van der Waals surface area contributed by atoms with E-state index >= 15 is 0 Å². The molecule has 0 spiro atoms. The van der Waals surface area contributed by atoms with Crippen molar-refractivity contribution in [2.24, 2.45) is 0 Å². The predicted octanol–water partition coefficient (Wildman–Crippen LogP) is 7.91. The van der Waals surface area contributed by atoms with Crippen molar-refractivity contribution < 1.29 is 0 Å². The summed E-state index contributed by atoms with van der Waals surface area (Å²) in [6.45, 7) is 6.90. The summed E-state index contributed by atoms with van der Waals surface area (Å²) in [6.07, 6.45) is 16.8. The van der Waals surface area contributed by atoms with E-state index in [2.05, 4.69) is 20.8 Å². The maximum atomic E-state index is 7.19. The average Bonchev–Trinajstić information content (AvgIpc) is 2.45. The van der Waals surface area contributed by atoms with Crippen LogP contribution in [0.25, 0.3) is 0 Å². The van der Waals surface area contributed by atoms with Crippen molar-refractivity contribution in [3.63, 3.8) is 0 Å². The summed E-state index contributed by atoms with van der Waals surface area (Å²) in [7, 11) is 7.19. The summed E-state index contributed by atoms with van der Waals surface area (Å²) in [6, 6.07) is 0. The number of hydrogen-bond donors (Lipinski definition) is 0. The molecule has 0 aromatic carbocycles. The van der Waals surface area contributed by atoms with E-state index in [1.165, 1.54) is 90.4 Å². The van der Waals surface area contributed by atoms with Gasteiger partial charge in [0.05, 0.1) is 0 Å². The first-order valence-corrected chi connectivity index (χ1v) is 19.0. The van der Waals surface area contributed by atoms with Crippen LogP contribution in [0.3, 0.4) is 0 Å². The van der Waals surface area contributed by atoms with Gasteiger partial charge in [0.2, 0.25) is 0 Å². The van der Waals surface area contributed by atoms with Crippen molar-refractivity contribution in [2.45, 2.75) is 111 Å². The van der Waals surface area contributed by atoms with Crippen LogP contribution in [0.5, 0.6) is 0 Å². The zero-order valence-corrected chi connectivity index (χ0v) is 18.1. The van der Waals surface area contributed by atoms with Crippen molar-refractivity contribution in [3.05, 3.63) is 0 Å². The Morgan fingerprint density at radius 2 is 0.800 bits per heavy atom. The molecule has 0 atom stereocenters. The van der Waals surface area contributed by atoms with E-state index in [0.29, 0.717) is 0 Å². The van der Waals surface area contributed by atoms with E-state index in [1.807, 2.05) is 0 Å². The second-order valence-electron chi connectivity index (χ2n) is 6.58. The van der Waals surface area contributed by atoms with Crippen molar-refractivity contribution in [1.29, 1.82) is 0 Å². The molecule has 0 amide bonds. The van der Waals surface area contributed by atoms with Gasteiger partial charge in [-0.15, -0.1) is 0 Å². The van der Waals surface area contributed by atoms with E-state index in [9.17, 15) is 0 Å². The van der Waals surface area contributed by atoms with E-state index < -0.39 is 17.3 Å². The van der Waals surface area contributed by atoms with Crippen molar-refractivity contribution in [3.8, 4) is 0 Å². The molecule has 20 heavy (non-hydrogen) atoms. The van der Waals surface area contributed by atoms with Gasteiger partial charge in [-0.25, -0.2) is 0 Å². The molecule has 0 fully saturated rings. The van der Waals surface area contributed by atoms with Crippen LogP contribution in [0.1, 0.15) is 97.8 Å². The van der Waals surface area contributed by atoms with Gasteiger partial charge in [0, 0.05) is 0 Å². The molecule has 0 aliphatic heterocycles. The van der Waals surface area contributed by atoms with E-state index in [1.54, 1.807) is 0 Å². The summed E-state index contributed by atoms with van der Waals surface area (Å²) >= 11 is -2.22. The molecule has 0 rings (SSSR count). The molecular weight excluding hydrogens is 370 g/mol. The second-order valence-corrected chi connectivity index (χ2v) is 22.8. The van der Waals surface area contributed by atoms with Gasteiger partial charge in [-0.1, -0.05) is 0 Å². The fraction of sp³-hybridized carbons (Fsp3) is 1.00. The molecule has 0 aliphatic carbocycles. The Kier molecular flexibility index (Phi) is 15.8. The first kappa shape index (κ1) is 21.1. The number of halogens is 1. The van der Waals surface area contributed by atoms with Gasteiger partial charge in [0.1, 0.15) is 0 Å². The minimum atomic E-state index is -2.22. The number of hydrogen-bond acceptors (Lipinski definition) is 0. The third-order valence-corrected chi connectivity index (χ3v) is 18.9. The van der Waals surface area contributed by atoms with Gasteiger partial charge < -0.3 is 0 Å². The van der Waals surface area contributed by atoms with Gasteiger partial charge >= 0.3 is 137 Å². The molecule has 0 saturated heterocycles. The fourth-order valence-electron chi connectivity index (χ4n) is 2.98. The number of unbranched alkanes of at least 4 members (excludes halogenated alkanes) is 9. The third-order valence-electron chi connectivity index (χ3n) is 4.44. The molecule has 0 N–H and O–H groups in total. The molecule has 0 nitrogen and oxygen atoms in total. The summed E-state index contributed by atoms with van der Waals surface area (Å²) < 4.78 is 4.36. The van der Waals surface area contributed by atoms with Crippen LogP contribution in [0.4, 0.5) is 0 Å². The van der Waals surface area contributed by atoms with Gasteiger partial charge in [-0.2, -0.15) is 0 Å². The summed E-state index contributed by atoms with van der Waals surface area (Å²) in [5, 5.41) is 0. The van der Waals surface area contributed by atoms with E-state index in [-0.39, 0.29) is 0 Å². The molecule has 0 radical (unpaired) electrons. The molecule has 0 saturated carbocycles. The summed E-state index contributed by atoms with van der Waals surface area (Å²) in [5.74, 6) is 0. The third kappa shape index (κ3) is 12.8. The molecule has 122 valence electrons. The molecule has 0 aromatic rings. The standard InChI is InChI=1S/3C6H13.ClH.Sn/c3*1-3-5-6-4-2;;/h3*1,3-6H2,2H3;1H;/q;;;;+1/p-1. The quantitative estimate of drug-likeness (QED) is 0.190. The van der Waals surface area contributed by atoms with Gasteiger partial charge in [0.25, 0.3) is 0 Å². The Morgan fingerprint density at radius 3 is 1.05 bits per heavy atom. The molecule has 2 heteroatoms. The maximum absolute atomic E-state index is 7.19. The Labute approximate surface area is 137 Å². The molecular formula is C18H39ClSn. The van der Waals surface area contributed by atoms with Crippen LogP contribution in [0.2, 0.25) is 13.3 Å². The van der Waals surface area contributed by atoms with Crippen molar-refractivity contribution in [1.82, 2.24) is 0 Å². The molecule has 0 aliphatic rings. The predicted molar refractivity (Wildman–Crippen MR) is 98.5 cm³/mol. The van der Waals surface area contributed by atoms with E-state index in [4.69, 9.17) is 8.92 Å². The fourth-order valence-corrected chi connectivity index (χ4v) is 15.4. The van der Waals surface area contributed by atoms with Crippen LogP contribution < -0.4 is 0 Å². The van der Waals surface area contributed by atoms with Crippen LogP contribution in [0.15, 0.2) is 0 Å². The molecule has 0 bridgehead atoms. The zero-order valence-electron chi connectivity index (χ0n) is 14.5. The first-order valence-electron chi connectivity index (χ1n) is 9.37.